The van der Waals surface area contributed by atoms with E-state index in [-0.39, 0.29) is 23.9 Å². The van der Waals surface area contributed by atoms with E-state index in [0.29, 0.717) is 16.8 Å². The van der Waals surface area contributed by atoms with Crippen LogP contribution in [0.4, 0.5) is 5.69 Å². The molecule has 0 saturated heterocycles. The van der Waals surface area contributed by atoms with Crippen molar-refractivity contribution in [1.29, 1.82) is 0 Å². The maximum Gasteiger partial charge on any atom is 0.266 e. The van der Waals surface area contributed by atoms with E-state index in [1.165, 1.54) is 16.5 Å². The standard InChI is InChI=1S/C28H23N3O3S/c1-17-7-6-10-24(18(17)2)31-27(33)22-12-11-20(14-23(22)28(31)34)26(32)29-15-21-16-35-25(30-21)13-19-8-4-3-5-9-19/h3-12,14,16H,13,15H2,1-2H3,(H,29,32). The number of carbonyl (C=O) groups excluding carboxylic acids is 3. The topological polar surface area (TPSA) is 79.4 Å². The van der Waals surface area contributed by atoms with Gasteiger partial charge in [0.25, 0.3) is 17.7 Å². The summed E-state index contributed by atoms with van der Waals surface area (Å²) in [6.45, 7) is 4.10. The highest BCUT2D eigenvalue weighted by Gasteiger charge is 2.37. The second-order valence-electron chi connectivity index (χ2n) is 8.50. The van der Waals surface area contributed by atoms with Crippen molar-refractivity contribution < 1.29 is 14.4 Å². The molecule has 1 aliphatic rings. The number of carbonyl (C=O) groups is 3. The number of anilines is 1. The minimum Gasteiger partial charge on any atom is -0.346 e. The predicted octanol–water partition coefficient (Wildman–Crippen LogP) is 5.08. The van der Waals surface area contributed by atoms with Crippen molar-refractivity contribution >= 4 is 34.7 Å². The lowest BCUT2D eigenvalue weighted by molar-refractivity contribution is 0.0923. The molecule has 0 radical (unpaired) electrons. The lowest BCUT2D eigenvalue weighted by Gasteiger charge is -2.17. The zero-order valence-corrected chi connectivity index (χ0v) is 20.2. The van der Waals surface area contributed by atoms with Crippen LogP contribution >= 0.6 is 11.3 Å². The molecule has 7 heteroatoms. The number of rotatable bonds is 6. The normalized spacial score (nSPS) is 12.7. The van der Waals surface area contributed by atoms with Gasteiger partial charge in [-0.3, -0.25) is 14.4 Å². The highest BCUT2D eigenvalue weighted by atomic mass is 32.1. The average Bonchev–Trinajstić information content (AvgIpc) is 3.41. The molecule has 0 bridgehead atoms. The largest absolute Gasteiger partial charge is 0.346 e. The van der Waals surface area contributed by atoms with Gasteiger partial charge in [0.1, 0.15) is 0 Å². The van der Waals surface area contributed by atoms with E-state index >= 15 is 0 Å². The van der Waals surface area contributed by atoms with Crippen molar-refractivity contribution in [1.82, 2.24) is 10.3 Å². The van der Waals surface area contributed by atoms with Gasteiger partial charge in [0.15, 0.2) is 0 Å². The fourth-order valence-electron chi connectivity index (χ4n) is 4.13. The SMILES string of the molecule is Cc1cccc(N2C(=O)c3ccc(C(=O)NCc4csc(Cc5ccccc5)n4)cc3C2=O)c1C. The Hall–Kier alpha value is -4.10. The molecule has 0 saturated carbocycles. The van der Waals surface area contributed by atoms with Gasteiger partial charge in [-0.15, -0.1) is 11.3 Å². The van der Waals surface area contributed by atoms with Crippen molar-refractivity contribution in [3.05, 3.63) is 116 Å². The molecule has 0 atom stereocenters. The fraction of sp³-hybridized carbons (Fsp3) is 0.143. The molecule has 2 heterocycles. The molecule has 174 valence electrons. The highest BCUT2D eigenvalue weighted by Crippen LogP contribution is 2.32. The van der Waals surface area contributed by atoms with Gasteiger partial charge >= 0.3 is 0 Å². The average molecular weight is 482 g/mol. The Balaban J connectivity index is 1.29. The maximum absolute atomic E-state index is 13.1. The second-order valence-corrected chi connectivity index (χ2v) is 9.45. The van der Waals surface area contributed by atoms with Crippen LogP contribution in [0.3, 0.4) is 0 Å². The number of hydrogen-bond acceptors (Lipinski definition) is 5. The van der Waals surface area contributed by atoms with Crippen molar-refractivity contribution in [2.45, 2.75) is 26.8 Å². The van der Waals surface area contributed by atoms with Gasteiger partial charge in [0.05, 0.1) is 34.1 Å². The van der Waals surface area contributed by atoms with Gasteiger partial charge in [0.2, 0.25) is 0 Å². The zero-order chi connectivity index (χ0) is 24.5. The van der Waals surface area contributed by atoms with E-state index in [2.05, 4.69) is 22.4 Å². The van der Waals surface area contributed by atoms with Crippen LogP contribution in [0.25, 0.3) is 0 Å². The van der Waals surface area contributed by atoms with E-state index in [4.69, 9.17) is 0 Å². The third-order valence-corrected chi connectivity index (χ3v) is 7.09. The first-order valence-electron chi connectivity index (χ1n) is 11.3. The van der Waals surface area contributed by atoms with Crippen LogP contribution in [0.1, 0.15) is 58.5 Å². The predicted molar refractivity (Wildman–Crippen MR) is 136 cm³/mol. The lowest BCUT2D eigenvalue weighted by atomic mass is 10.1. The van der Waals surface area contributed by atoms with Gasteiger partial charge in [-0.1, -0.05) is 42.5 Å². The Morgan fingerprint density at radius 3 is 2.51 bits per heavy atom. The Kier molecular flexibility index (Phi) is 6.01. The number of fused-ring (bicyclic) bond motifs is 1. The number of aryl methyl sites for hydroxylation is 1. The number of benzene rings is 3. The second kappa shape index (κ2) is 9.27. The number of amides is 3. The van der Waals surface area contributed by atoms with E-state index in [1.54, 1.807) is 29.5 Å². The number of nitrogens with zero attached hydrogens (tertiary/aromatic N) is 2. The molecule has 0 spiro atoms. The van der Waals surface area contributed by atoms with Crippen molar-refractivity contribution in [2.24, 2.45) is 0 Å². The zero-order valence-electron chi connectivity index (χ0n) is 19.4. The molecular weight excluding hydrogens is 458 g/mol. The first-order valence-corrected chi connectivity index (χ1v) is 12.1. The minimum absolute atomic E-state index is 0.238. The molecule has 0 fully saturated rings. The summed E-state index contributed by atoms with van der Waals surface area (Å²) in [6, 6.07) is 20.3. The number of hydrogen-bond donors (Lipinski definition) is 1. The Bertz CT molecular complexity index is 1460. The highest BCUT2D eigenvalue weighted by molar-refractivity contribution is 7.09. The van der Waals surface area contributed by atoms with Gasteiger partial charge in [-0.05, 0) is 54.8 Å². The van der Waals surface area contributed by atoms with Crippen LogP contribution in [-0.4, -0.2) is 22.7 Å². The minimum atomic E-state index is -0.418. The fourth-order valence-corrected chi connectivity index (χ4v) is 4.96. The van der Waals surface area contributed by atoms with Crippen LogP contribution in [0.2, 0.25) is 0 Å². The van der Waals surface area contributed by atoms with Crippen molar-refractivity contribution in [3.8, 4) is 0 Å². The molecule has 35 heavy (non-hydrogen) atoms. The smallest absolute Gasteiger partial charge is 0.266 e. The molecular formula is C28H23N3O3S. The summed E-state index contributed by atoms with van der Waals surface area (Å²) in [6.07, 6.45) is 0.747. The third kappa shape index (κ3) is 4.38. The number of thiazole rings is 1. The molecule has 1 N–H and O–H groups in total. The van der Waals surface area contributed by atoms with Crippen LogP contribution in [-0.2, 0) is 13.0 Å². The number of aromatic nitrogens is 1. The molecule has 5 rings (SSSR count). The summed E-state index contributed by atoms with van der Waals surface area (Å²) in [7, 11) is 0. The summed E-state index contributed by atoms with van der Waals surface area (Å²) in [5, 5.41) is 5.78. The van der Waals surface area contributed by atoms with Gasteiger partial charge in [-0.25, -0.2) is 9.88 Å². The maximum atomic E-state index is 13.1. The van der Waals surface area contributed by atoms with Crippen LogP contribution in [0, 0.1) is 13.8 Å². The van der Waals surface area contributed by atoms with Crippen molar-refractivity contribution in [2.75, 3.05) is 4.90 Å². The molecule has 3 amide bonds. The Morgan fingerprint density at radius 1 is 0.943 bits per heavy atom. The van der Waals surface area contributed by atoms with Gasteiger partial charge < -0.3 is 5.32 Å². The van der Waals surface area contributed by atoms with E-state index in [1.807, 2.05) is 49.6 Å². The van der Waals surface area contributed by atoms with Crippen LogP contribution < -0.4 is 10.2 Å². The molecule has 3 aromatic carbocycles. The number of nitrogens with one attached hydrogen (secondary N) is 1. The lowest BCUT2D eigenvalue weighted by Crippen LogP contribution is -2.30. The Labute approximate surface area is 207 Å². The summed E-state index contributed by atoms with van der Waals surface area (Å²) < 4.78 is 0. The number of imide groups is 1. The molecule has 0 aliphatic carbocycles. The summed E-state index contributed by atoms with van der Waals surface area (Å²) >= 11 is 1.56. The Morgan fingerprint density at radius 2 is 1.71 bits per heavy atom. The van der Waals surface area contributed by atoms with Crippen LogP contribution in [0.5, 0.6) is 0 Å². The van der Waals surface area contributed by atoms with E-state index < -0.39 is 5.91 Å². The molecule has 0 unspecified atom stereocenters. The van der Waals surface area contributed by atoms with Gasteiger partial charge in [0, 0.05) is 17.4 Å². The van der Waals surface area contributed by atoms with Crippen LogP contribution in [0.15, 0.2) is 72.1 Å². The molecule has 6 nitrogen and oxygen atoms in total. The monoisotopic (exact) mass is 481 g/mol. The first kappa shape index (κ1) is 22.7. The molecule has 1 aromatic heterocycles. The van der Waals surface area contributed by atoms with E-state index in [0.717, 1.165) is 28.2 Å². The quantitative estimate of drug-likeness (QED) is 0.390. The first-order chi connectivity index (χ1) is 16.9. The summed E-state index contributed by atoms with van der Waals surface area (Å²) in [5.41, 5.74) is 5.26. The summed E-state index contributed by atoms with van der Waals surface area (Å²) in [5.74, 6) is -1.12. The van der Waals surface area contributed by atoms with E-state index in [9.17, 15) is 14.4 Å². The van der Waals surface area contributed by atoms with Crippen molar-refractivity contribution in [3.63, 3.8) is 0 Å². The third-order valence-electron chi connectivity index (χ3n) is 6.19. The molecule has 1 aliphatic heterocycles. The van der Waals surface area contributed by atoms with Gasteiger partial charge in [-0.2, -0.15) is 0 Å². The molecule has 4 aromatic rings. The summed E-state index contributed by atoms with van der Waals surface area (Å²) in [4.78, 5) is 44.7.